The van der Waals surface area contributed by atoms with E-state index in [1.807, 2.05) is 0 Å². The molecule has 0 spiro atoms. The normalized spacial score (nSPS) is 19.3. The lowest BCUT2D eigenvalue weighted by Gasteiger charge is -2.40. The molecule has 0 saturated heterocycles. The van der Waals surface area contributed by atoms with Crippen LogP contribution in [-0.2, 0) is 17.3 Å². The summed E-state index contributed by atoms with van der Waals surface area (Å²) in [5.41, 5.74) is 1.03. The van der Waals surface area contributed by atoms with Crippen molar-refractivity contribution in [2.45, 2.75) is 30.6 Å². The molecule has 0 amide bonds. The fraction of sp³-hybridized carbons (Fsp3) is 0.538. The maximum Gasteiger partial charge on any atom is 0.137 e. The highest BCUT2D eigenvalue weighted by Crippen LogP contribution is 2.36. The van der Waals surface area contributed by atoms with Crippen molar-refractivity contribution in [1.29, 1.82) is 0 Å². The molecule has 0 aliphatic heterocycles. The minimum Gasteiger partial charge on any atom is -0.311 e. The minimum atomic E-state index is -0.780. The molecule has 0 aromatic heterocycles. The number of nitrogens with one attached hydrogen (secondary N) is 1. The molecule has 1 aromatic rings. The van der Waals surface area contributed by atoms with Gasteiger partial charge in [-0.05, 0) is 46.5 Å². The lowest BCUT2D eigenvalue weighted by atomic mass is 9.84. The van der Waals surface area contributed by atoms with E-state index in [-0.39, 0.29) is 10.6 Å². The average Bonchev–Trinajstić information content (AvgIpc) is 2.26. The Morgan fingerprint density at radius 1 is 1.50 bits per heavy atom. The van der Waals surface area contributed by atoms with Gasteiger partial charge in [0.05, 0.1) is 9.22 Å². The summed E-state index contributed by atoms with van der Waals surface area (Å²) in [5, 5.41) is 3.34. The van der Waals surface area contributed by atoms with Gasteiger partial charge in [-0.1, -0.05) is 12.5 Å². The van der Waals surface area contributed by atoms with Gasteiger partial charge in [-0.25, -0.2) is 4.39 Å². The molecule has 0 bridgehead atoms. The molecule has 1 fully saturated rings. The van der Waals surface area contributed by atoms with Gasteiger partial charge in [-0.3, -0.25) is 4.21 Å². The smallest absolute Gasteiger partial charge is 0.137 e. The molecule has 2 rings (SSSR count). The van der Waals surface area contributed by atoms with Crippen LogP contribution in [0.15, 0.2) is 22.7 Å². The first kappa shape index (κ1) is 14.2. The zero-order chi connectivity index (χ0) is 13.2. The van der Waals surface area contributed by atoms with Crippen LogP contribution < -0.4 is 5.32 Å². The molecule has 5 heteroatoms. The average molecular weight is 334 g/mol. The first-order valence-corrected chi connectivity index (χ1v) is 8.37. The van der Waals surface area contributed by atoms with Crippen LogP contribution in [0.1, 0.15) is 24.8 Å². The van der Waals surface area contributed by atoms with Gasteiger partial charge in [0.1, 0.15) is 5.82 Å². The Hall–Kier alpha value is -0.260. The largest absolute Gasteiger partial charge is 0.311 e. The molecule has 1 unspecified atom stereocenters. The van der Waals surface area contributed by atoms with Crippen molar-refractivity contribution in [3.63, 3.8) is 0 Å². The van der Waals surface area contributed by atoms with Crippen LogP contribution in [-0.4, -0.2) is 21.8 Å². The van der Waals surface area contributed by atoms with E-state index < -0.39 is 10.8 Å². The topological polar surface area (TPSA) is 29.1 Å². The number of hydrogen-bond acceptors (Lipinski definition) is 2. The molecule has 18 heavy (non-hydrogen) atoms. The van der Waals surface area contributed by atoms with Crippen molar-refractivity contribution >= 4 is 26.7 Å². The summed E-state index contributed by atoms with van der Waals surface area (Å²) in [4.78, 5) is 0. The standard InChI is InChI=1S/C13H17BrFNOS/c1-18(17)13(5-2-6-13)9-16-8-10-3-4-12(15)11(14)7-10/h3-4,7,16H,2,5-6,8-9H2,1H3. The Kier molecular flexibility index (Phi) is 4.56. The van der Waals surface area contributed by atoms with Crippen LogP contribution in [0.5, 0.6) is 0 Å². The first-order valence-electron chi connectivity index (χ1n) is 6.02. The van der Waals surface area contributed by atoms with E-state index >= 15 is 0 Å². The third-order valence-electron chi connectivity index (χ3n) is 3.63. The van der Waals surface area contributed by atoms with Gasteiger partial charge in [0.2, 0.25) is 0 Å². The van der Waals surface area contributed by atoms with Crippen molar-refractivity contribution in [1.82, 2.24) is 5.32 Å². The molecule has 1 aromatic carbocycles. The zero-order valence-electron chi connectivity index (χ0n) is 10.3. The molecule has 1 aliphatic rings. The summed E-state index contributed by atoms with van der Waals surface area (Å²) >= 11 is 3.17. The number of benzene rings is 1. The number of halogens is 2. The quantitative estimate of drug-likeness (QED) is 0.897. The van der Waals surface area contributed by atoms with E-state index in [2.05, 4.69) is 21.2 Å². The van der Waals surface area contributed by atoms with Crippen LogP contribution in [0, 0.1) is 5.82 Å². The highest BCUT2D eigenvalue weighted by atomic mass is 79.9. The monoisotopic (exact) mass is 333 g/mol. The van der Waals surface area contributed by atoms with Gasteiger partial charge in [0.15, 0.2) is 0 Å². The van der Waals surface area contributed by atoms with Gasteiger partial charge in [-0.2, -0.15) is 0 Å². The summed E-state index contributed by atoms with van der Waals surface area (Å²) in [7, 11) is -0.780. The zero-order valence-corrected chi connectivity index (χ0v) is 12.7. The lowest BCUT2D eigenvalue weighted by molar-refractivity contribution is 0.335. The van der Waals surface area contributed by atoms with Gasteiger partial charge >= 0.3 is 0 Å². The van der Waals surface area contributed by atoms with Crippen LogP contribution in [0.25, 0.3) is 0 Å². The summed E-state index contributed by atoms with van der Waals surface area (Å²) in [6.45, 7) is 1.45. The van der Waals surface area contributed by atoms with E-state index in [1.54, 1.807) is 18.4 Å². The Morgan fingerprint density at radius 2 is 2.22 bits per heavy atom. The van der Waals surface area contributed by atoms with Gasteiger partial charge in [-0.15, -0.1) is 0 Å². The maximum absolute atomic E-state index is 13.1. The molecular weight excluding hydrogens is 317 g/mol. The Balaban J connectivity index is 1.88. The van der Waals surface area contributed by atoms with Gasteiger partial charge in [0.25, 0.3) is 0 Å². The highest BCUT2D eigenvalue weighted by molar-refractivity contribution is 9.10. The van der Waals surface area contributed by atoms with Gasteiger partial charge in [0, 0.05) is 30.1 Å². The summed E-state index contributed by atoms with van der Waals surface area (Å²) in [6.07, 6.45) is 5.03. The molecule has 2 nitrogen and oxygen atoms in total. The molecule has 1 N–H and O–H groups in total. The molecule has 1 aliphatic carbocycles. The minimum absolute atomic E-state index is 0.0305. The second-order valence-electron chi connectivity index (χ2n) is 4.84. The molecule has 100 valence electrons. The van der Waals surface area contributed by atoms with E-state index in [1.165, 1.54) is 12.5 Å². The summed E-state index contributed by atoms with van der Waals surface area (Å²) < 4.78 is 25.2. The first-order chi connectivity index (χ1) is 8.53. The fourth-order valence-electron chi connectivity index (χ4n) is 2.22. The van der Waals surface area contributed by atoms with E-state index in [0.29, 0.717) is 11.0 Å². The molecule has 1 saturated carbocycles. The van der Waals surface area contributed by atoms with Crippen LogP contribution in [0.4, 0.5) is 4.39 Å². The Labute approximate surface area is 118 Å². The third kappa shape index (κ3) is 3.00. The predicted molar refractivity (Wildman–Crippen MR) is 76.5 cm³/mol. The predicted octanol–water partition coefficient (Wildman–Crippen LogP) is 2.98. The van der Waals surface area contributed by atoms with E-state index in [0.717, 1.165) is 24.9 Å². The van der Waals surface area contributed by atoms with Crippen molar-refractivity contribution in [2.24, 2.45) is 0 Å². The van der Waals surface area contributed by atoms with Crippen molar-refractivity contribution < 1.29 is 8.60 Å². The fourth-order valence-corrected chi connectivity index (χ4v) is 3.82. The van der Waals surface area contributed by atoms with Crippen LogP contribution >= 0.6 is 15.9 Å². The van der Waals surface area contributed by atoms with E-state index in [9.17, 15) is 8.60 Å². The summed E-state index contributed by atoms with van der Waals surface area (Å²) in [6, 6.07) is 5.00. The highest BCUT2D eigenvalue weighted by Gasteiger charge is 2.40. The lowest BCUT2D eigenvalue weighted by Crippen LogP contribution is -2.49. The molecular formula is C13H17BrFNOS. The second-order valence-corrected chi connectivity index (χ2v) is 7.47. The summed E-state index contributed by atoms with van der Waals surface area (Å²) in [5.74, 6) is -0.246. The molecule has 0 heterocycles. The van der Waals surface area contributed by atoms with Gasteiger partial charge < -0.3 is 5.32 Å². The molecule has 1 atom stereocenters. The maximum atomic E-state index is 13.1. The Bertz CT molecular complexity index is 462. The Morgan fingerprint density at radius 3 is 2.72 bits per heavy atom. The van der Waals surface area contributed by atoms with Crippen molar-refractivity contribution in [3.8, 4) is 0 Å². The number of hydrogen-bond donors (Lipinski definition) is 1. The van der Waals surface area contributed by atoms with Crippen molar-refractivity contribution in [2.75, 3.05) is 12.8 Å². The second kappa shape index (κ2) is 5.80. The SMILES string of the molecule is CS(=O)C1(CNCc2ccc(F)c(Br)c2)CCC1. The third-order valence-corrected chi connectivity index (χ3v) is 6.01. The molecule has 0 radical (unpaired) electrons. The van der Waals surface area contributed by atoms with Crippen molar-refractivity contribution in [3.05, 3.63) is 34.1 Å². The van der Waals surface area contributed by atoms with Crippen LogP contribution in [0.2, 0.25) is 0 Å². The number of rotatable bonds is 5. The van der Waals surface area contributed by atoms with E-state index in [4.69, 9.17) is 0 Å². The van der Waals surface area contributed by atoms with Crippen LogP contribution in [0.3, 0.4) is 0 Å².